The molecule has 1 fully saturated rings. The van der Waals surface area contributed by atoms with Gasteiger partial charge in [0.1, 0.15) is 11.6 Å². The molecule has 2 aromatic carbocycles. The SMILES string of the molecule is O=C1NCc2nc(-c3c(F)cccc3F)cc(Nc3ccc(CC(=O)N4CCC[C@H]4CO)cc3)c21. The Balaban J connectivity index is 1.39. The van der Waals surface area contributed by atoms with E-state index in [1.165, 1.54) is 12.1 Å². The highest BCUT2D eigenvalue weighted by molar-refractivity contribution is 6.04. The van der Waals surface area contributed by atoms with Gasteiger partial charge in [0.2, 0.25) is 5.91 Å². The smallest absolute Gasteiger partial charge is 0.255 e. The number of nitrogens with one attached hydrogen (secondary N) is 2. The standard InChI is InChI=1S/C26H24F2N4O3/c27-18-4-1-5-19(28)24(18)20-12-21(25-22(31-20)13-29-26(25)35)30-16-8-6-15(7-9-16)11-23(34)32-10-2-3-17(32)14-33/h1,4-9,12,17,33H,2-3,10-11,13-14H2,(H,29,35)(H,30,31)/t17-/m0/s1. The summed E-state index contributed by atoms with van der Waals surface area (Å²) in [6.07, 6.45) is 1.93. The number of hydrogen-bond donors (Lipinski definition) is 3. The van der Waals surface area contributed by atoms with E-state index in [0.29, 0.717) is 29.2 Å². The number of hydrogen-bond acceptors (Lipinski definition) is 5. The second-order valence-electron chi connectivity index (χ2n) is 8.72. The van der Waals surface area contributed by atoms with E-state index in [-0.39, 0.29) is 48.7 Å². The molecule has 2 aliphatic rings. The van der Waals surface area contributed by atoms with Crippen LogP contribution in [-0.4, -0.2) is 46.0 Å². The van der Waals surface area contributed by atoms with Crippen molar-refractivity contribution in [3.63, 3.8) is 0 Å². The van der Waals surface area contributed by atoms with Crippen LogP contribution in [0.25, 0.3) is 11.3 Å². The Morgan fingerprint density at radius 3 is 2.60 bits per heavy atom. The lowest BCUT2D eigenvalue weighted by Gasteiger charge is -2.23. The number of aliphatic hydroxyl groups is 1. The maximum Gasteiger partial charge on any atom is 0.255 e. The van der Waals surface area contributed by atoms with Gasteiger partial charge in [-0.3, -0.25) is 9.59 Å². The third-order valence-corrected chi connectivity index (χ3v) is 6.45. The Kier molecular flexibility index (Phi) is 6.17. The second-order valence-corrected chi connectivity index (χ2v) is 8.72. The van der Waals surface area contributed by atoms with Crippen molar-refractivity contribution in [2.45, 2.75) is 31.8 Å². The van der Waals surface area contributed by atoms with Crippen LogP contribution in [0.1, 0.15) is 34.5 Å². The number of amides is 2. The maximum atomic E-state index is 14.4. The van der Waals surface area contributed by atoms with Crippen LogP contribution in [0.5, 0.6) is 0 Å². The predicted octanol–water partition coefficient (Wildman–Crippen LogP) is 3.54. The van der Waals surface area contributed by atoms with E-state index in [9.17, 15) is 23.5 Å². The van der Waals surface area contributed by atoms with Crippen molar-refractivity contribution in [2.75, 3.05) is 18.5 Å². The highest BCUT2D eigenvalue weighted by Gasteiger charge is 2.28. The quantitative estimate of drug-likeness (QED) is 0.504. The molecule has 3 aromatic rings. The number of nitrogens with zero attached hydrogens (tertiary/aromatic N) is 2. The van der Waals surface area contributed by atoms with Gasteiger partial charge in [0, 0.05) is 12.2 Å². The van der Waals surface area contributed by atoms with Crippen molar-refractivity contribution < 1.29 is 23.5 Å². The monoisotopic (exact) mass is 478 g/mol. The van der Waals surface area contributed by atoms with Gasteiger partial charge in [0.05, 0.1) is 53.8 Å². The molecule has 5 rings (SSSR count). The summed E-state index contributed by atoms with van der Waals surface area (Å²) in [5, 5.41) is 15.3. The second kappa shape index (κ2) is 9.42. The van der Waals surface area contributed by atoms with E-state index >= 15 is 0 Å². The lowest BCUT2D eigenvalue weighted by molar-refractivity contribution is -0.132. The summed E-state index contributed by atoms with van der Waals surface area (Å²) in [7, 11) is 0. The van der Waals surface area contributed by atoms with E-state index in [2.05, 4.69) is 15.6 Å². The molecule has 2 amide bonds. The molecule has 1 aromatic heterocycles. The number of pyridine rings is 1. The molecule has 7 nitrogen and oxygen atoms in total. The van der Waals surface area contributed by atoms with Crippen molar-refractivity contribution >= 4 is 23.2 Å². The minimum Gasteiger partial charge on any atom is -0.394 e. The Hall–Kier alpha value is -3.85. The summed E-state index contributed by atoms with van der Waals surface area (Å²) in [5.74, 6) is -1.82. The molecule has 35 heavy (non-hydrogen) atoms. The molecular formula is C26H24F2N4O3. The van der Waals surface area contributed by atoms with Gasteiger partial charge >= 0.3 is 0 Å². The topological polar surface area (TPSA) is 94.6 Å². The number of halogens is 2. The molecule has 0 aliphatic carbocycles. The normalized spacial score (nSPS) is 16.8. The van der Waals surface area contributed by atoms with E-state index in [1.54, 1.807) is 17.0 Å². The van der Waals surface area contributed by atoms with E-state index in [1.807, 2.05) is 12.1 Å². The van der Waals surface area contributed by atoms with Gasteiger partial charge in [-0.2, -0.15) is 0 Å². The molecule has 0 radical (unpaired) electrons. The average molecular weight is 478 g/mol. The molecule has 0 spiro atoms. The van der Waals surface area contributed by atoms with Crippen LogP contribution >= 0.6 is 0 Å². The molecule has 2 aliphatic heterocycles. The number of benzene rings is 2. The molecule has 9 heteroatoms. The minimum absolute atomic E-state index is 0.0255. The number of fused-ring (bicyclic) bond motifs is 1. The number of aliphatic hydroxyl groups excluding tert-OH is 1. The lowest BCUT2D eigenvalue weighted by atomic mass is 10.1. The average Bonchev–Trinajstić information content (AvgIpc) is 3.47. The Labute approximate surface area is 200 Å². The van der Waals surface area contributed by atoms with Gasteiger partial charge in [-0.15, -0.1) is 0 Å². The third-order valence-electron chi connectivity index (χ3n) is 6.45. The number of aromatic nitrogens is 1. The van der Waals surface area contributed by atoms with Crippen LogP contribution in [0.15, 0.2) is 48.5 Å². The number of carbonyl (C=O) groups is 2. The van der Waals surface area contributed by atoms with Gasteiger partial charge in [-0.05, 0) is 48.7 Å². The summed E-state index contributed by atoms with van der Waals surface area (Å²) in [4.78, 5) is 31.1. The number of carbonyl (C=O) groups excluding carboxylic acids is 2. The van der Waals surface area contributed by atoms with Crippen molar-refractivity contribution in [1.29, 1.82) is 0 Å². The van der Waals surface area contributed by atoms with Gasteiger partial charge < -0.3 is 20.6 Å². The van der Waals surface area contributed by atoms with Crippen LogP contribution < -0.4 is 10.6 Å². The Bertz CT molecular complexity index is 1280. The van der Waals surface area contributed by atoms with Crippen molar-refractivity contribution in [3.05, 3.63) is 77.0 Å². The Morgan fingerprint density at radius 1 is 1.14 bits per heavy atom. The molecule has 1 atom stereocenters. The van der Waals surface area contributed by atoms with E-state index in [4.69, 9.17) is 0 Å². The minimum atomic E-state index is -0.740. The third kappa shape index (κ3) is 4.46. The summed E-state index contributed by atoms with van der Waals surface area (Å²) < 4.78 is 28.8. The number of likely N-dealkylation sites (tertiary alicyclic amines) is 1. The first kappa shape index (κ1) is 22.9. The molecule has 180 valence electrons. The number of anilines is 2. The van der Waals surface area contributed by atoms with Crippen LogP contribution in [0.4, 0.5) is 20.2 Å². The highest BCUT2D eigenvalue weighted by Crippen LogP contribution is 2.33. The first-order valence-electron chi connectivity index (χ1n) is 11.5. The van der Waals surface area contributed by atoms with Gasteiger partial charge in [-0.25, -0.2) is 13.8 Å². The van der Waals surface area contributed by atoms with Crippen molar-refractivity contribution in [1.82, 2.24) is 15.2 Å². The zero-order valence-electron chi connectivity index (χ0n) is 18.9. The van der Waals surface area contributed by atoms with Gasteiger partial charge in [0.15, 0.2) is 0 Å². The Morgan fingerprint density at radius 2 is 1.89 bits per heavy atom. The first-order valence-corrected chi connectivity index (χ1v) is 11.5. The highest BCUT2D eigenvalue weighted by atomic mass is 19.1. The van der Waals surface area contributed by atoms with E-state index < -0.39 is 11.6 Å². The fourth-order valence-electron chi connectivity index (χ4n) is 4.69. The summed E-state index contributed by atoms with van der Waals surface area (Å²) >= 11 is 0. The molecule has 0 saturated carbocycles. The molecular weight excluding hydrogens is 454 g/mol. The molecule has 0 unspecified atom stereocenters. The van der Waals surface area contributed by atoms with Crippen molar-refractivity contribution in [3.8, 4) is 11.3 Å². The van der Waals surface area contributed by atoms with Crippen LogP contribution in [-0.2, 0) is 17.8 Å². The van der Waals surface area contributed by atoms with Gasteiger partial charge in [0.25, 0.3) is 5.91 Å². The predicted molar refractivity (Wildman–Crippen MR) is 126 cm³/mol. The maximum absolute atomic E-state index is 14.4. The molecule has 3 heterocycles. The van der Waals surface area contributed by atoms with Crippen LogP contribution in [0.3, 0.4) is 0 Å². The number of rotatable bonds is 6. The fraction of sp³-hybridized carbons (Fsp3) is 0.269. The van der Waals surface area contributed by atoms with Crippen molar-refractivity contribution in [2.24, 2.45) is 0 Å². The zero-order valence-corrected chi connectivity index (χ0v) is 18.9. The summed E-state index contributed by atoms with van der Waals surface area (Å²) in [6, 6.07) is 12.1. The van der Waals surface area contributed by atoms with Gasteiger partial charge in [-0.1, -0.05) is 18.2 Å². The first-order chi connectivity index (χ1) is 16.9. The lowest BCUT2D eigenvalue weighted by Crippen LogP contribution is -2.38. The van der Waals surface area contributed by atoms with Crippen LogP contribution in [0.2, 0.25) is 0 Å². The molecule has 0 bridgehead atoms. The summed E-state index contributed by atoms with van der Waals surface area (Å²) in [5.41, 5.74) is 2.41. The molecule has 1 saturated heterocycles. The van der Waals surface area contributed by atoms with E-state index in [0.717, 1.165) is 30.5 Å². The summed E-state index contributed by atoms with van der Waals surface area (Å²) in [6.45, 7) is 0.792. The largest absolute Gasteiger partial charge is 0.394 e. The van der Waals surface area contributed by atoms with Crippen LogP contribution in [0, 0.1) is 11.6 Å². The zero-order chi connectivity index (χ0) is 24.5. The molecule has 3 N–H and O–H groups in total. The fourth-order valence-corrected chi connectivity index (χ4v) is 4.69.